The minimum absolute atomic E-state index is 0.130. The molecule has 1 aromatic carbocycles. The molecule has 36 heavy (non-hydrogen) atoms. The number of pyridine rings is 1. The molecule has 3 aromatic heterocycles. The molecule has 2 fully saturated rings. The van der Waals surface area contributed by atoms with Crippen molar-refractivity contribution in [1.29, 1.82) is 0 Å². The van der Waals surface area contributed by atoms with Crippen LogP contribution in [0.1, 0.15) is 36.9 Å². The third-order valence-corrected chi connectivity index (χ3v) is 7.56. The Kier molecular flexibility index (Phi) is 5.79. The first-order valence-corrected chi connectivity index (χ1v) is 12.4. The van der Waals surface area contributed by atoms with Gasteiger partial charge in [0.15, 0.2) is 5.65 Å². The van der Waals surface area contributed by atoms with Crippen molar-refractivity contribution in [3.8, 4) is 23.1 Å². The minimum Gasteiger partial charge on any atom is -0.490 e. The normalized spacial score (nSPS) is 21.7. The van der Waals surface area contributed by atoms with Gasteiger partial charge in [0.1, 0.15) is 29.0 Å². The van der Waals surface area contributed by atoms with Crippen molar-refractivity contribution in [2.45, 2.75) is 57.3 Å². The number of piperidine rings is 1. The van der Waals surface area contributed by atoms with Gasteiger partial charge in [-0.1, -0.05) is 6.07 Å². The van der Waals surface area contributed by atoms with Gasteiger partial charge in [-0.05, 0) is 57.9 Å². The molecule has 2 bridgehead atoms. The van der Waals surface area contributed by atoms with Crippen molar-refractivity contribution in [2.24, 2.45) is 0 Å². The first kappa shape index (κ1) is 22.8. The molecule has 2 aliphatic heterocycles. The molecule has 0 aliphatic carbocycles. The van der Waals surface area contributed by atoms with Gasteiger partial charge in [0, 0.05) is 41.7 Å². The molecule has 5 heterocycles. The van der Waals surface area contributed by atoms with Crippen LogP contribution in [0.15, 0.2) is 42.7 Å². The number of hydrogen-bond donors (Lipinski definition) is 0. The lowest BCUT2D eigenvalue weighted by atomic mass is 10.0. The summed E-state index contributed by atoms with van der Waals surface area (Å²) < 4.78 is 28.8. The molecule has 186 valence electrons. The maximum Gasteiger partial charge on any atom is 0.318 e. The highest BCUT2D eigenvalue weighted by molar-refractivity contribution is 5.79. The van der Waals surface area contributed by atoms with E-state index in [0.29, 0.717) is 46.1 Å². The first-order valence-electron chi connectivity index (χ1n) is 12.4. The van der Waals surface area contributed by atoms with Crippen LogP contribution in [0.25, 0.3) is 22.6 Å². The molecular formula is C27H29FN6O2. The summed E-state index contributed by atoms with van der Waals surface area (Å²) in [7, 11) is 3.73. The molecule has 0 saturated carbocycles. The Morgan fingerprint density at radius 3 is 2.58 bits per heavy atom. The Labute approximate surface area is 209 Å². The molecule has 0 N–H and O–H groups in total. The highest BCUT2D eigenvalue weighted by Gasteiger charge is 2.39. The fourth-order valence-electron chi connectivity index (χ4n) is 5.62. The highest BCUT2D eigenvalue weighted by Crippen LogP contribution is 2.36. The molecule has 8 nitrogen and oxygen atoms in total. The molecule has 2 aliphatic rings. The molecule has 4 aromatic rings. The van der Waals surface area contributed by atoms with Gasteiger partial charge in [-0.2, -0.15) is 9.97 Å². The maximum atomic E-state index is 15.4. The van der Waals surface area contributed by atoms with Crippen molar-refractivity contribution < 1.29 is 13.9 Å². The molecular weight excluding hydrogens is 459 g/mol. The van der Waals surface area contributed by atoms with Gasteiger partial charge in [-0.3, -0.25) is 4.98 Å². The topological polar surface area (TPSA) is 78.2 Å². The van der Waals surface area contributed by atoms with Crippen LogP contribution in [-0.2, 0) is 6.54 Å². The van der Waals surface area contributed by atoms with E-state index >= 15 is 4.39 Å². The summed E-state index contributed by atoms with van der Waals surface area (Å²) in [4.78, 5) is 20.4. The quantitative estimate of drug-likeness (QED) is 0.398. The molecule has 2 saturated heterocycles. The third-order valence-electron chi connectivity index (χ3n) is 7.56. The second-order valence-corrected chi connectivity index (χ2v) is 9.75. The zero-order valence-electron chi connectivity index (χ0n) is 20.7. The van der Waals surface area contributed by atoms with Crippen LogP contribution in [0.2, 0.25) is 0 Å². The van der Waals surface area contributed by atoms with Crippen molar-refractivity contribution in [3.05, 3.63) is 59.8 Å². The van der Waals surface area contributed by atoms with E-state index in [9.17, 15) is 0 Å². The number of fused-ring (bicyclic) bond motifs is 3. The van der Waals surface area contributed by atoms with E-state index in [2.05, 4.69) is 26.9 Å². The predicted octanol–water partition coefficient (Wildman–Crippen LogP) is 4.40. The summed E-state index contributed by atoms with van der Waals surface area (Å²) in [5.41, 5.74) is 3.25. The van der Waals surface area contributed by atoms with Crippen LogP contribution in [0, 0.1) is 12.7 Å². The lowest BCUT2D eigenvalue weighted by Gasteiger charge is -2.36. The molecule has 6 rings (SSSR count). The summed E-state index contributed by atoms with van der Waals surface area (Å²) >= 11 is 0. The van der Waals surface area contributed by atoms with Gasteiger partial charge < -0.3 is 18.9 Å². The van der Waals surface area contributed by atoms with Crippen LogP contribution >= 0.6 is 0 Å². The molecule has 3 atom stereocenters. The van der Waals surface area contributed by atoms with E-state index in [4.69, 9.17) is 14.5 Å². The first-order chi connectivity index (χ1) is 17.5. The Morgan fingerprint density at radius 2 is 1.89 bits per heavy atom. The fraction of sp³-hybridized carbons (Fsp3) is 0.407. The van der Waals surface area contributed by atoms with Crippen LogP contribution in [0.4, 0.5) is 4.39 Å². The van der Waals surface area contributed by atoms with Gasteiger partial charge in [0.05, 0.1) is 19.3 Å². The summed E-state index contributed by atoms with van der Waals surface area (Å²) in [6, 6.07) is 10.3. The number of rotatable bonds is 6. The molecule has 0 radical (unpaired) electrons. The average Bonchev–Trinajstić information content (AvgIpc) is 3.33. The largest absolute Gasteiger partial charge is 0.490 e. The van der Waals surface area contributed by atoms with Gasteiger partial charge in [-0.25, -0.2) is 9.37 Å². The van der Waals surface area contributed by atoms with E-state index in [0.717, 1.165) is 18.4 Å². The van der Waals surface area contributed by atoms with Gasteiger partial charge >= 0.3 is 6.01 Å². The van der Waals surface area contributed by atoms with Crippen molar-refractivity contribution in [2.75, 3.05) is 14.2 Å². The van der Waals surface area contributed by atoms with Gasteiger partial charge in [-0.15, -0.1) is 0 Å². The number of aryl methyl sites for hydroxylation is 1. The second kappa shape index (κ2) is 9.13. The van der Waals surface area contributed by atoms with E-state index in [-0.39, 0.29) is 24.5 Å². The summed E-state index contributed by atoms with van der Waals surface area (Å²) in [6.07, 6.45) is 8.00. The summed E-state index contributed by atoms with van der Waals surface area (Å²) in [5.74, 6) is 0.901. The molecule has 0 unspecified atom stereocenters. The fourth-order valence-corrected chi connectivity index (χ4v) is 5.62. The van der Waals surface area contributed by atoms with Crippen molar-refractivity contribution in [1.82, 2.24) is 29.4 Å². The number of methoxy groups -OCH3 is 1. The number of benzene rings is 1. The summed E-state index contributed by atoms with van der Waals surface area (Å²) in [5, 5.41) is 0. The van der Waals surface area contributed by atoms with Crippen molar-refractivity contribution >= 4 is 11.2 Å². The Balaban J connectivity index is 1.32. The highest BCUT2D eigenvalue weighted by atomic mass is 19.1. The number of halogens is 1. The average molecular weight is 489 g/mol. The van der Waals surface area contributed by atoms with Crippen LogP contribution in [0.3, 0.4) is 0 Å². The zero-order chi connectivity index (χ0) is 24.8. The van der Waals surface area contributed by atoms with Gasteiger partial charge in [0.2, 0.25) is 0 Å². The minimum atomic E-state index is -0.319. The zero-order valence-corrected chi connectivity index (χ0v) is 20.7. The Hall–Kier alpha value is -3.59. The van der Waals surface area contributed by atoms with Crippen LogP contribution in [-0.4, -0.2) is 61.7 Å². The Bertz CT molecular complexity index is 1390. The molecule has 0 amide bonds. The number of ether oxygens (including phenoxy) is 2. The van der Waals surface area contributed by atoms with E-state index in [1.807, 2.05) is 29.7 Å². The van der Waals surface area contributed by atoms with Crippen LogP contribution in [0.5, 0.6) is 11.8 Å². The number of aromatic nitrogens is 5. The standard InChI is InChI=1S/C27H29FN6O2/c1-16-24-26(32-27(30-16)35-3)34(25(31-24)17-5-4-10-29-14-17)15-18-6-9-21(13-23(18)28)36-22-11-19-7-8-20(12-22)33(19)2/h4-6,9-10,13-14,19-20,22H,7-8,11-12,15H2,1-3H3/t19-,20+,22+. The summed E-state index contributed by atoms with van der Waals surface area (Å²) in [6.45, 7) is 2.10. The van der Waals surface area contributed by atoms with E-state index < -0.39 is 0 Å². The number of imidazole rings is 1. The van der Waals surface area contributed by atoms with Crippen molar-refractivity contribution in [3.63, 3.8) is 0 Å². The number of hydrogen-bond acceptors (Lipinski definition) is 7. The van der Waals surface area contributed by atoms with Gasteiger partial charge in [0.25, 0.3) is 0 Å². The monoisotopic (exact) mass is 488 g/mol. The van der Waals surface area contributed by atoms with E-state index in [1.54, 1.807) is 18.5 Å². The second-order valence-electron chi connectivity index (χ2n) is 9.75. The smallest absolute Gasteiger partial charge is 0.318 e. The third kappa shape index (κ3) is 4.07. The predicted molar refractivity (Wildman–Crippen MR) is 134 cm³/mol. The molecule has 0 spiro atoms. The number of nitrogens with zero attached hydrogens (tertiary/aromatic N) is 6. The van der Waals surface area contributed by atoms with Crippen LogP contribution < -0.4 is 9.47 Å². The lowest BCUT2D eigenvalue weighted by Crippen LogP contribution is -2.43. The maximum absolute atomic E-state index is 15.4. The lowest BCUT2D eigenvalue weighted by molar-refractivity contribution is 0.0659. The van der Waals surface area contributed by atoms with E-state index in [1.165, 1.54) is 26.0 Å². The SMILES string of the molecule is COc1nc(C)c2nc(-c3cccnc3)n(Cc3ccc(O[C@H]4C[C@H]5CC[C@@H](C4)N5C)cc3F)c2n1. The Morgan fingerprint density at radius 1 is 1.08 bits per heavy atom. The molecule has 9 heteroatoms.